The third kappa shape index (κ3) is 4.07. The first-order valence-corrected chi connectivity index (χ1v) is 11.5. The van der Waals surface area contributed by atoms with Gasteiger partial charge in [0.15, 0.2) is 0 Å². The van der Waals surface area contributed by atoms with Crippen molar-refractivity contribution in [3.05, 3.63) is 23.5 Å². The molecule has 1 aliphatic heterocycles. The molecular weight excluding hydrogens is 493 g/mol. The van der Waals surface area contributed by atoms with Crippen molar-refractivity contribution in [3.8, 4) is 17.3 Å². The Labute approximate surface area is 177 Å². The molecule has 0 spiro atoms. The molecule has 0 unspecified atom stereocenters. The summed E-state index contributed by atoms with van der Waals surface area (Å²) in [7, 11) is 0. The molecule has 0 bridgehead atoms. The first-order chi connectivity index (χ1) is 13.5. The average molecular weight is 510 g/mol. The zero-order valence-electron chi connectivity index (χ0n) is 15.0. The number of H-pyrrole nitrogens is 1. The van der Waals surface area contributed by atoms with E-state index in [1.54, 1.807) is 18.5 Å². The van der Waals surface area contributed by atoms with E-state index in [-0.39, 0.29) is 27.0 Å². The predicted molar refractivity (Wildman–Crippen MR) is 102 cm³/mol. The van der Waals surface area contributed by atoms with Crippen LogP contribution in [-0.2, 0) is 4.79 Å². The van der Waals surface area contributed by atoms with E-state index >= 15 is 0 Å². The van der Waals surface area contributed by atoms with Crippen molar-refractivity contribution >= 4 is 40.4 Å². The number of aromatic nitrogens is 5. The molecule has 3 aromatic heterocycles. The number of carbonyl (C=O) groups is 1. The number of aromatic amines is 1. The fourth-order valence-corrected chi connectivity index (χ4v) is 4.60. The molecular formula is C17H16BClIN6O2-. The molecule has 144 valence electrons. The summed E-state index contributed by atoms with van der Waals surface area (Å²) in [5, 5.41) is 0.426. The van der Waals surface area contributed by atoms with Crippen LogP contribution in [0.4, 0.5) is 5.95 Å². The average Bonchev–Trinajstić information content (AvgIpc) is 3.07. The summed E-state index contributed by atoms with van der Waals surface area (Å²) in [4.78, 5) is 33.7. The van der Waals surface area contributed by atoms with Gasteiger partial charge >= 0.3 is 157 Å². The number of halogens is 2. The van der Waals surface area contributed by atoms with Crippen molar-refractivity contribution in [2.45, 2.75) is 23.7 Å². The number of ether oxygens (including phenoxy) is 1. The normalized spacial score (nSPS) is 15.3. The third-order valence-corrected chi connectivity index (χ3v) is 6.99. The van der Waals surface area contributed by atoms with Crippen molar-refractivity contribution in [3.63, 3.8) is 0 Å². The number of hydrogen-bond donors (Lipinski definition) is 1. The van der Waals surface area contributed by atoms with Crippen LogP contribution in [0.15, 0.2) is 18.5 Å². The maximum absolute atomic E-state index is 11.1. The summed E-state index contributed by atoms with van der Waals surface area (Å²) in [5.74, 6) is 0.234. The van der Waals surface area contributed by atoms with E-state index in [0.717, 1.165) is 25.9 Å². The van der Waals surface area contributed by atoms with Gasteiger partial charge in [-0.2, -0.15) is 0 Å². The number of nitrogens with one attached hydrogen (secondary N) is 1. The fraction of sp³-hybridized carbons (Fsp3) is 0.353. The summed E-state index contributed by atoms with van der Waals surface area (Å²) in [6.07, 6.45) is 5.62. The van der Waals surface area contributed by atoms with Gasteiger partial charge in [0.2, 0.25) is 0 Å². The van der Waals surface area contributed by atoms with Gasteiger partial charge in [0, 0.05) is 6.92 Å². The number of fused-ring (bicyclic) bond motifs is 1. The Morgan fingerprint density at radius 3 is 2.68 bits per heavy atom. The number of piperidine rings is 1. The van der Waals surface area contributed by atoms with Gasteiger partial charge in [-0.05, 0) is 0 Å². The third-order valence-electron chi connectivity index (χ3n) is 4.44. The first-order valence-electron chi connectivity index (χ1n) is 8.67. The molecule has 4 rings (SSSR count). The quantitative estimate of drug-likeness (QED) is 0.212. The first kappa shape index (κ1) is 19.4. The van der Waals surface area contributed by atoms with Gasteiger partial charge < -0.3 is 9.72 Å². The van der Waals surface area contributed by atoms with E-state index in [2.05, 4.69) is 29.8 Å². The van der Waals surface area contributed by atoms with E-state index in [4.69, 9.17) is 22.0 Å². The molecule has 0 saturated carbocycles. The van der Waals surface area contributed by atoms with E-state index in [9.17, 15) is 4.79 Å². The maximum atomic E-state index is 11.1. The summed E-state index contributed by atoms with van der Waals surface area (Å²) < 4.78 is 5.65. The summed E-state index contributed by atoms with van der Waals surface area (Å²) in [5.41, 5.74) is 8.04. The summed E-state index contributed by atoms with van der Waals surface area (Å²) >= 11 is 6.19. The van der Waals surface area contributed by atoms with Gasteiger partial charge in [-0.25, -0.2) is 0 Å². The molecule has 4 heterocycles. The molecule has 0 amide bonds. The van der Waals surface area contributed by atoms with Crippen LogP contribution in [0.5, 0.6) is 6.01 Å². The number of carbonyl (C=O) groups excluding carboxylic acids is 1. The van der Waals surface area contributed by atoms with Crippen molar-refractivity contribution in [2.24, 2.45) is 0 Å². The van der Waals surface area contributed by atoms with Gasteiger partial charge in [0.25, 0.3) is 0 Å². The Kier molecular flexibility index (Phi) is 5.67. The number of anilines is 1. The van der Waals surface area contributed by atoms with Gasteiger partial charge in [-0.1, -0.05) is 0 Å². The van der Waals surface area contributed by atoms with Crippen LogP contribution in [0, 0.1) is 0 Å². The van der Waals surface area contributed by atoms with Gasteiger partial charge in [0.1, 0.15) is 0 Å². The molecule has 8 nitrogen and oxygen atoms in total. The van der Waals surface area contributed by atoms with Crippen molar-refractivity contribution in [1.29, 1.82) is 0 Å². The number of imidazole rings is 1. The van der Waals surface area contributed by atoms with E-state index < -0.39 is 5.97 Å². The molecule has 28 heavy (non-hydrogen) atoms. The summed E-state index contributed by atoms with van der Waals surface area (Å²) in [6, 6.07) is 1.77. The predicted octanol–water partition coefficient (Wildman–Crippen LogP) is -0.865. The molecule has 0 atom stereocenters. The standard InChI is InChI=1S/C17H16BClIN6O2/c1-9(27)28-17-23-13-6-12(19)14(24-15(13)25-17)10-7-21-16(22-8-10)26-4-2-11(20-18)3-5-26/h6-8,11H,2-5H2,1H3,(H,23,24,25)/q-1. The molecule has 1 aliphatic rings. The minimum absolute atomic E-state index is 0.0816. The molecule has 1 saturated heterocycles. The van der Waals surface area contributed by atoms with Crippen LogP contribution < -0.4 is 30.6 Å². The van der Waals surface area contributed by atoms with Crippen LogP contribution >= 0.6 is 11.6 Å². The number of hydrogen-bond acceptors (Lipinski definition) is 7. The second-order valence-electron chi connectivity index (χ2n) is 6.38. The van der Waals surface area contributed by atoms with Crippen LogP contribution in [0.25, 0.3) is 22.4 Å². The molecule has 3 aromatic rings. The van der Waals surface area contributed by atoms with Crippen molar-refractivity contribution < 1.29 is 30.5 Å². The monoisotopic (exact) mass is 509 g/mol. The second-order valence-corrected chi connectivity index (χ2v) is 9.27. The SMILES string of the molecule is [B][I-]C1CCN(c2ncc(-c3nc4nc(OC(C)=O)[nH]c4cc3Cl)cn2)CC1. The van der Waals surface area contributed by atoms with Crippen molar-refractivity contribution in [1.82, 2.24) is 24.9 Å². The van der Waals surface area contributed by atoms with E-state index in [1.807, 2.05) is 0 Å². The van der Waals surface area contributed by atoms with E-state index in [1.165, 1.54) is 6.92 Å². The van der Waals surface area contributed by atoms with Crippen LogP contribution in [0.1, 0.15) is 19.8 Å². The minimum atomic E-state index is -0.466. The van der Waals surface area contributed by atoms with Crippen molar-refractivity contribution in [2.75, 3.05) is 18.0 Å². The Morgan fingerprint density at radius 2 is 2.04 bits per heavy atom. The Bertz CT molecular complexity index is 1010. The molecule has 1 fully saturated rings. The summed E-state index contributed by atoms with van der Waals surface area (Å²) in [6.45, 7) is 3.16. The van der Waals surface area contributed by atoms with Gasteiger partial charge in [-0.3, -0.25) is 4.79 Å². The van der Waals surface area contributed by atoms with Crippen LogP contribution in [0.3, 0.4) is 0 Å². The number of rotatable bonds is 4. The number of alkyl halides is 1. The zero-order chi connectivity index (χ0) is 19.7. The van der Waals surface area contributed by atoms with Gasteiger partial charge in [-0.15, -0.1) is 0 Å². The molecule has 1 N–H and O–H groups in total. The molecule has 0 aromatic carbocycles. The molecule has 0 aliphatic carbocycles. The van der Waals surface area contributed by atoms with E-state index in [0.29, 0.717) is 37.3 Å². The molecule has 2 radical (unpaired) electrons. The number of esters is 1. The number of nitrogens with zero attached hydrogens (tertiary/aromatic N) is 5. The Hall–Kier alpha value is -1.95. The number of pyridine rings is 1. The second kappa shape index (κ2) is 8.20. The van der Waals surface area contributed by atoms with Crippen LogP contribution in [-0.4, -0.2) is 53.6 Å². The molecule has 11 heteroatoms. The Balaban J connectivity index is 1.57. The van der Waals surface area contributed by atoms with Crippen LogP contribution in [0.2, 0.25) is 5.02 Å². The topological polar surface area (TPSA) is 96.9 Å². The zero-order valence-corrected chi connectivity index (χ0v) is 17.9. The van der Waals surface area contributed by atoms with Gasteiger partial charge in [0.05, 0.1) is 0 Å². The Morgan fingerprint density at radius 1 is 1.32 bits per heavy atom. The fourth-order valence-electron chi connectivity index (χ4n) is 3.06.